The van der Waals surface area contributed by atoms with Crippen LogP contribution in [0.1, 0.15) is 12.8 Å². The van der Waals surface area contributed by atoms with Crippen molar-refractivity contribution in [2.24, 2.45) is 17.6 Å². The Labute approximate surface area is 84.8 Å². The molecule has 0 aromatic heterocycles. The quantitative estimate of drug-likeness (QED) is 0.489. The van der Waals surface area contributed by atoms with Gasteiger partial charge in [0, 0.05) is 0 Å². The number of aliphatic hydroxyl groups excluding tert-OH is 1. The molecule has 2 unspecified atom stereocenters. The second-order valence-electron chi connectivity index (χ2n) is 3.50. The third-order valence-electron chi connectivity index (χ3n) is 2.50. The van der Waals surface area contributed by atoms with E-state index in [1.165, 1.54) is 7.41 Å². The van der Waals surface area contributed by atoms with Crippen molar-refractivity contribution < 1.29 is 16.1 Å². The number of carbonyl (C=O) groups excluding carboxylic acids is 2. The van der Waals surface area contributed by atoms with Crippen molar-refractivity contribution in [1.29, 1.82) is 0 Å². The zero-order valence-corrected chi connectivity index (χ0v) is 7.99. The van der Waals surface area contributed by atoms with E-state index in [9.17, 15) is 14.7 Å². The molecule has 1 fully saturated rings. The average Bonchev–Trinajstić information content (AvgIpc) is 2.59. The van der Waals surface area contributed by atoms with Crippen LogP contribution >= 0.6 is 0 Å². The molecule has 3 atom stereocenters. The highest BCUT2D eigenvalue weighted by Gasteiger charge is 2.40. The second-order valence-corrected chi connectivity index (χ2v) is 3.50. The normalized spacial score (nSPS) is 31.9. The molecule has 77 valence electrons. The maximum atomic E-state index is 11.5. The van der Waals surface area contributed by atoms with Crippen molar-refractivity contribution in [3.05, 3.63) is 0 Å². The summed E-state index contributed by atoms with van der Waals surface area (Å²) in [6.07, 6.45) is -0.121. The van der Waals surface area contributed by atoms with E-state index in [0.29, 0.717) is 0 Å². The molecule has 1 rings (SSSR count). The van der Waals surface area contributed by atoms with E-state index in [1.807, 2.05) is 0 Å². The lowest BCUT2D eigenvalue weighted by Gasteiger charge is -2.14. The molecule has 6 heteroatoms. The molecule has 0 spiro atoms. The maximum Gasteiger partial charge on any atom is 0.242 e. The van der Waals surface area contributed by atoms with Crippen LogP contribution in [0.5, 0.6) is 0 Å². The van der Waals surface area contributed by atoms with E-state index in [1.54, 1.807) is 12.5 Å². The predicted molar refractivity (Wildman–Crippen MR) is 51.2 cm³/mol. The van der Waals surface area contributed by atoms with E-state index in [2.05, 4.69) is 5.23 Å². The van der Waals surface area contributed by atoms with Crippen LogP contribution in [-0.4, -0.2) is 30.4 Å². The van der Waals surface area contributed by atoms with Crippen LogP contribution in [0.25, 0.3) is 0 Å². The largest absolute Gasteiger partial charge is 0.403 e. The van der Waals surface area contributed by atoms with Gasteiger partial charge in [0.05, 0.1) is 17.9 Å². The van der Waals surface area contributed by atoms with Crippen molar-refractivity contribution in [1.82, 2.24) is 5.23 Å². The summed E-state index contributed by atoms with van der Waals surface area (Å²) in [5, 5.41) is 11.9. The Morgan fingerprint density at radius 1 is 1.57 bits per heavy atom. The van der Waals surface area contributed by atoms with Crippen LogP contribution in [-0.2, 0) is 9.59 Å². The molecule has 0 aliphatic heterocycles. The molecule has 4 N–H and O–H groups in total. The minimum absolute atomic E-state index is 0.243. The van der Waals surface area contributed by atoms with Crippen LogP contribution in [0, 0.1) is 11.8 Å². The van der Waals surface area contributed by atoms with E-state index >= 15 is 0 Å². The number of nitrogens with two attached hydrogens (primary N) is 1. The molecular weight excluding hydrogens is 183 g/mol. The number of primary amides is 1. The van der Waals surface area contributed by atoms with Crippen LogP contribution in [0.15, 0.2) is 0 Å². The number of amides is 2. The van der Waals surface area contributed by atoms with Gasteiger partial charge in [-0.3, -0.25) is 9.59 Å². The molecule has 1 aliphatic rings. The summed E-state index contributed by atoms with van der Waals surface area (Å²) in [7, 11) is 1.49. The Hall–Kier alpha value is -1.04. The minimum Gasteiger partial charge on any atom is -0.403 e. The molecule has 2 amide bonds. The first-order valence-corrected chi connectivity index (χ1v) is 4.58. The highest BCUT2D eigenvalue weighted by molar-refractivity contribution is 6.35. The fourth-order valence-electron chi connectivity index (χ4n) is 1.84. The lowest BCUT2D eigenvalue weighted by atomic mass is 9.91. The van der Waals surface area contributed by atoms with Gasteiger partial charge in [-0.1, -0.05) is 6.82 Å². The molecule has 0 aromatic rings. The summed E-state index contributed by atoms with van der Waals surface area (Å²) < 4.78 is 6.75. The van der Waals surface area contributed by atoms with Crippen LogP contribution < -0.4 is 11.0 Å². The van der Waals surface area contributed by atoms with Crippen molar-refractivity contribution in [3.63, 3.8) is 0 Å². The number of hydrogen-bond acceptors (Lipinski definition) is 3. The number of nitrogens with one attached hydrogen (secondary N) is 1. The van der Waals surface area contributed by atoms with Gasteiger partial charge in [0.1, 0.15) is 0 Å². The summed E-state index contributed by atoms with van der Waals surface area (Å²) >= 11 is 0. The van der Waals surface area contributed by atoms with Gasteiger partial charge in [0.25, 0.3) is 0 Å². The summed E-state index contributed by atoms with van der Waals surface area (Å²) in [4.78, 5) is 22.8. The first-order valence-electron chi connectivity index (χ1n) is 5.08. The topological polar surface area (TPSA) is 92.4 Å². The predicted octanol–water partition coefficient (Wildman–Crippen LogP) is -1.36. The molecule has 14 heavy (non-hydrogen) atoms. The highest BCUT2D eigenvalue weighted by atomic mass is 16.3. The zero-order chi connectivity index (χ0) is 11.4. The molecule has 0 heterocycles. The van der Waals surface area contributed by atoms with Crippen molar-refractivity contribution >= 4 is 19.2 Å². The van der Waals surface area contributed by atoms with Crippen molar-refractivity contribution in [2.75, 3.05) is 0 Å². The number of carbonyl (C=O) groups is 2. The highest BCUT2D eigenvalue weighted by Crippen LogP contribution is 2.31. The fraction of sp³-hybridized carbons (Fsp3) is 0.750. The molecule has 0 aromatic carbocycles. The van der Waals surface area contributed by atoms with Crippen LogP contribution in [0.4, 0.5) is 0 Å². The Morgan fingerprint density at radius 3 is 2.79 bits per heavy atom. The van der Waals surface area contributed by atoms with E-state index < -0.39 is 23.8 Å². The zero-order valence-electron chi connectivity index (χ0n) is 8.99. The Morgan fingerprint density at radius 2 is 2.21 bits per heavy atom. The monoisotopic (exact) mass is 198 g/mol. The van der Waals surface area contributed by atoms with Gasteiger partial charge in [-0.2, -0.15) is 0 Å². The third kappa shape index (κ3) is 2.26. The lowest BCUT2D eigenvalue weighted by Crippen LogP contribution is -2.38. The third-order valence-corrected chi connectivity index (χ3v) is 2.50. The minimum atomic E-state index is -0.639. The maximum absolute atomic E-state index is 11.5. The smallest absolute Gasteiger partial charge is 0.242 e. The molecule has 0 saturated heterocycles. The molecule has 1 saturated carbocycles. The summed E-state index contributed by atoms with van der Waals surface area (Å²) in [6, 6.07) is 0. The molecule has 5 nitrogen and oxygen atoms in total. The van der Waals surface area contributed by atoms with Gasteiger partial charge in [-0.25, -0.2) is 0 Å². The Bertz CT molecular complexity index is 264. The standard InChI is InChI=1S/C8H14BN2O3/c1-9-11-8(14)6-3-4(12)2-5(6)7(10)13/h4-6,12H,2-3H2,1H3,(H2,10,13)(H,11,14)/t4?,5-,6?/m0/s1/i/hD. The average molecular weight is 198 g/mol. The van der Waals surface area contributed by atoms with Crippen LogP contribution in [0.3, 0.4) is 0 Å². The number of rotatable bonds is 3. The van der Waals surface area contributed by atoms with E-state index in [0.717, 1.165) is 0 Å². The summed E-state index contributed by atoms with van der Waals surface area (Å²) in [5.74, 6) is -1.93. The van der Waals surface area contributed by atoms with Crippen molar-refractivity contribution in [2.45, 2.75) is 25.8 Å². The van der Waals surface area contributed by atoms with E-state index in [4.69, 9.17) is 1.41 Å². The number of aliphatic hydroxyl groups is 1. The first kappa shape index (κ1) is 9.52. The molecule has 1 radical (unpaired) electrons. The Balaban J connectivity index is 2.68. The van der Waals surface area contributed by atoms with Crippen LogP contribution in [0.2, 0.25) is 8.23 Å². The van der Waals surface area contributed by atoms with Gasteiger partial charge in [0.15, 0.2) is 1.41 Å². The van der Waals surface area contributed by atoms with Gasteiger partial charge >= 0.3 is 0 Å². The number of hydrogen-bond donors (Lipinski definition) is 3. The van der Waals surface area contributed by atoms with Gasteiger partial charge < -0.3 is 16.1 Å². The van der Waals surface area contributed by atoms with E-state index in [-0.39, 0.29) is 18.7 Å². The molecular formula is C8H14BN2O3. The molecule has 1 aliphatic carbocycles. The summed E-state index contributed by atoms with van der Waals surface area (Å²) in [6.45, 7) is 1.67. The lowest BCUT2D eigenvalue weighted by molar-refractivity contribution is -0.131. The molecule has 0 bridgehead atoms. The first-order chi connectivity index (χ1) is 7.10. The second kappa shape index (κ2) is 4.46. The Kier molecular flexibility index (Phi) is 3.03. The fourth-order valence-corrected chi connectivity index (χ4v) is 1.84. The van der Waals surface area contributed by atoms with Gasteiger partial charge in [-0.05, 0) is 12.8 Å². The van der Waals surface area contributed by atoms with Gasteiger partial charge in [-0.15, -0.1) is 0 Å². The van der Waals surface area contributed by atoms with Gasteiger partial charge in [0.2, 0.25) is 19.2 Å². The summed E-state index contributed by atoms with van der Waals surface area (Å²) in [5.41, 5.74) is 1.76. The van der Waals surface area contributed by atoms with Crippen molar-refractivity contribution in [3.8, 4) is 0 Å². The SMILES string of the molecule is [2H]NC(=O)[C@H]1CC(O)CC1C(=O)N[B]C.